The van der Waals surface area contributed by atoms with Crippen LogP contribution in [0.15, 0.2) is 65.1 Å². The molecule has 1 N–H and O–H groups in total. The second kappa shape index (κ2) is 9.88. The maximum atomic E-state index is 4.97. The van der Waals surface area contributed by atoms with Gasteiger partial charge < -0.3 is 4.98 Å². The zero-order valence-electron chi connectivity index (χ0n) is 17.8. The van der Waals surface area contributed by atoms with E-state index in [1.807, 2.05) is 31.2 Å². The van der Waals surface area contributed by atoms with Gasteiger partial charge in [-0.1, -0.05) is 67.1 Å². The van der Waals surface area contributed by atoms with Gasteiger partial charge in [-0.25, -0.2) is 4.98 Å². The van der Waals surface area contributed by atoms with Crippen LogP contribution in [-0.4, -0.2) is 19.7 Å². The van der Waals surface area contributed by atoms with Gasteiger partial charge in [0, 0.05) is 23.4 Å². The molecule has 0 aliphatic heterocycles. The number of imidazole rings is 1. The van der Waals surface area contributed by atoms with Gasteiger partial charge >= 0.3 is 0 Å². The largest absolute Gasteiger partial charge is 0.341 e. The summed E-state index contributed by atoms with van der Waals surface area (Å²) in [6.07, 6.45) is 3.08. The van der Waals surface area contributed by atoms with Gasteiger partial charge in [-0.2, -0.15) is 17.7 Å². The van der Waals surface area contributed by atoms with Gasteiger partial charge in [-0.3, -0.25) is 4.68 Å². The first-order valence-electron chi connectivity index (χ1n) is 10.6. The normalized spacial score (nSPS) is 12.3. The molecule has 0 aliphatic rings. The molecular weight excluding hydrogens is 468 g/mol. The van der Waals surface area contributed by atoms with E-state index in [0.29, 0.717) is 0 Å². The van der Waals surface area contributed by atoms with Gasteiger partial charge in [0.2, 0.25) is 0 Å². The van der Waals surface area contributed by atoms with Crippen LogP contribution >= 0.6 is 28.6 Å². The Morgan fingerprint density at radius 3 is 2.23 bits per heavy atom. The minimum absolute atomic E-state index is 0.0621. The Labute approximate surface area is 197 Å². The Morgan fingerprint density at radius 2 is 1.61 bits per heavy atom. The van der Waals surface area contributed by atoms with Crippen LogP contribution < -0.4 is 0 Å². The van der Waals surface area contributed by atoms with E-state index >= 15 is 0 Å². The number of nitrogens with one attached hydrogen (secondary N) is 1. The van der Waals surface area contributed by atoms with E-state index < -0.39 is 0 Å². The predicted molar refractivity (Wildman–Crippen MR) is 134 cm³/mol. The van der Waals surface area contributed by atoms with Gasteiger partial charge in [0.25, 0.3) is 0 Å². The molecule has 1 unspecified atom stereocenters. The van der Waals surface area contributed by atoms with Crippen molar-refractivity contribution in [3.8, 4) is 22.5 Å². The summed E-state index contributed by atoms with van der Waals surface area (Å²) in [6.45, 7) is 5.05. The van der Waals surface area contributed by atoms with Gasteiger partial charge in [-0.05, 0) is 42.6 Å². The molecule has 2 aromatic heterocycles. The van der Waals surface area contributed by atoms with Crippen molar-refractivity contribution in [3.63, 3.8) is 0 Å². The molecule has 31 heavy (non-hydrogen) atoms. The highest BCUT2D eigenvalue weighted by atomic mass is 79.9. The quantitative estimate of drug-likeness (QED) is 0.201. The van der Waals surface area contributed by atoms with Crippen molar-refractivity contribution in [2.45, 2.75) is 44.9 Å². The van der Waals surface area contributed by atoms with Crippen LogP contribution in [0, 0.1) is 13.8 Å². The van der Waals surface area contributed by atoms with Gasteiger partial charge in [0.1, 0.15) is 5.82 Å². The zero-order chi connectivity index (χ0) is 21.8. The minimum Gasteiger partial charge on any atom is -0.341 e. The third-order valence-electron chi connectivity index (χ3n) is 5.54. The monoisotopic (exact) mass is 494 g/mol. The van der Waals surface area contributed by atoms with E-state index in [2.05, 4.69) is 74.0 Å². The van der Waals surface area contributed by atoms with Gasteiger partial charge in [-0.15, -0.1) is 0 Å². The zero-order valence-corrected chi connectivity index (χ0v) is 20.3. The molecule has 2 heterocycles. The molecule has 0 bridgehead atoms. The van der Waals surface area contributed by atoms with Crippen molar-refractivity contribution in [2.24, 2.45) is 0 Å². The topological polar surface area (TPSA) is 46.5 Å². The van der Waals surface area contributed by atoms with E-state index in [9.17, 15) is 0 Å². The first-order valence-corrected chi connectivity index (χ1v) is 11.9. The van der Waals surface area contributed by atoms with Crippen LogP contribution in [0.5, 0.6) is 0 Å². The van der Waals surface area contributed by atoms with E-state index in [-0.39, 0.29) is 5.25 Å². The Bertz CT molecular complexity index is 1080. The molecule has 6 heteroatoms. The molecule has 0 aliphatic carbocycles. The molecule has 4 rings (SSSR count). The van der Waals surface area contributed by atoms with E-state index in [0.717, 1.165) is 64.3 Å². The number of halogens is 1. The Kier molecular flexibility index (Phi) is 6.98. The molecule has 0 saturated carbocycles. The Hall–Kier alpha value is -2.31. The highest BCUT2D eigenvalue weighted by molar-refractivity contribution is 9.10. The lowest BCUT2D eigenvalue weighted by Gasteiger charge is -2.08. The number of H-pyrrole nitrogens is 1. The summed E-state index contributed by atoms with van der Waals surface area (Å²) in [7, 11) is 0. The SMILES string of the molecule is Cc1nn(CCCCC(S)c2nc(-c3ccccc3)c(-c3ccccc3)[nH]2)c(C)c1Br. The summed E-state index contributed by atoms with van der Waals surface area (Å²) in [5.41, 5.74) is 6.50. The molecule has 0 amide bonds. The number of hydrogen-bond donors (Lipinski definition) is 2. The van der Waals surface area contributed by atoms with Crippen molar-refractivity contribution in [2.75, 3.05) is 0 Å². The number of nitrogens with zero attached hydrogens (tertiary/aromatic N) is 3. The predicted octanol–water partition coefficient (Wildman–Crippen LogP) is 7.16. The van der Waals surface area contributed by atoms with Crippen molar-refractivity contribution in [3.05, 3.63) is 82.3 Å². The maximum Gasteiger partial charge on any atom is 0.120 e. The fraction of sp³-hybridized carbons (Fsp3) is 0.280. The van der Waals surface area contributed by atoms with Crippen molar-refractivity contribution < 1.29 is 0 Å². The number of benzene rings is 2. The fourth-order valence-corrected chi connectivity index (χ4v) is 4.39. The summed E-state index contributed by atoms with van der Waals surface area (Å²) in [6, 6.07) is 20.7. The summed E-state index contributed by atoms with van der Waals surface area (Å²) in [5.74, 6) is 0.926. The van der Waals surface area contributed by atoms with Gasteiger partial charge in [0.05, 0.1) is 26.8 Å². The molecule has 0 spiro atoms. The second-order valence-corrected chi connectivity index (χ2v) is 9.21. The number of aromatic amines is 1. The average Bonchev–Trinajstić information content (AvgIpc) is 3.35. The Morgan fingerprint density at radius 1 is 0.968 bits per heavy atom. The summed E-state index contributed by atoms with van der Waals surface area (Å²) in [5, 5.41) is 4.66. The molecule has 0 radical (unpaired) electrons. The number of hydrogen-bond acceptors (Lipinski definition) is 3. The van der Waals surface area contributed by atoms with Crippen LogP contribution in [0.2, 0.25) is 0 Å². The van der Waals surface area contributed by atoms with Crippen molar-refractivity contribution in [1.29, 1.82) is 0 Å². The number of aromatic nitrogens is 4. The van der Waals surface area contributed by atoms with Crippen molar-refractivity contribution in [1.82, 2.24) is 19.7 Å². The third-order valence-corrected chi connectivity index (χ3v) is 7.19. The van der Waals surface area contributed by atoms with Gasteiger partial charge in [0.15, 0.2) is 0 Å². The number of unbranched alkanes of at least 4 members (excludes halogenated alkanes) is 1. The molecule has 0 fully saturated rings. The highest BCUT2D eigenvalue weighted by Gasteiger charge is 2.18. The van der Waals surface area contributed by atoms with Crippen LogP contribution in [0.4, 0.5) is 0 Å². The average molecular weight is 495 g/mol. The molecule has 2 aromatic carbocycles. The standard InChI is InChI=1S/C25H27BrN4S/c1-17-22(26)18(2)30(29-17)16-10-9-15-21(31)25-27-23(19-11-5-3-6-12-19)24(28-25)20-13-7-4-8-14-20/h3-8,11-14,21,31H,9-10,15-16H2,1-2H3,(H,27,28). The summed E-state index contributed by atoms with van der Waals surface area (Å²) in [4.78, 5) is 8.53. The molecule has 160 valence electrons. The van der Waals surface area contributed by atoms with Crippen molar-refractivity contribution >= 4 is 28.6 Å². The maximum absolute atomic E-state index is 4.97. The Balaban J connectivity index is 1.47. The molecular formula is C25H27BrN4S. The minimum atomic E-state index is 0.0621. The van der Waals surface area contributed by atoms with E-state index in [4.69, 9.17) is 17.6 Å². The van der Waals surface area contributed by atoms with Crippen LogP contribution in [0.3, 0.4) is 0 Å². The van der Waals surface area contributed by atoms with E-state index in [1.54, 1.807) is 0 Å². The second-order valence-electron chi connectivity index (χ2n) is 7.80. The van der Waals surface area contributed by atoms with Crippen LogP contribution in [0.1, 0.15) is 41.7 Å². The fourth-order valence-electron chi connectivity index (χ4n) is 3.80. The molecule has 0 saturated heterocycles. The lowest BCUT2D eigenvalue weighted by molar-refractivity contribution is 0.528. The summed E-state index contributed by atoms with van der Waals surface area (Å²) < 4.78 is 3.19. The lowest BCUT2D eigenvalue weighted by atomic mass is 10.1. The first-order chi connectivity index (χ1) is 15.0. The molecule has 4 aromatic rings. The third kappa shape index (κ3) is 4.96. The number of rotatable bonds is 8. The summed E-state index contributed by atoms with van der Waals surface area (Å²) >= 11 is 8.48. The molecule has 1 atom stereocenters. The number of thiol groups is 1. The van der Waals surface area contributed by atoms with Crippen LogP contribution in [-0.2, 0) is 6.54 Å². The lowest BCUT2D eigenvalue weighted by Crippen LogP contribution is -2.03. The highest BCUT2D eigenvalue weighted by Crippen LogP contribution is 2.34. The van der Waals surface area contributed by atoms with Crippen LogP contribution in [0.25, 0.3) is 22.5 Å². The molecule has 4 nitrogen and oxygen atoms in total. The number of aryl methyl sites for hydroxylation is 2. The smallest absolute Gasteiger partial charge is 0.120 e. The van der Waals surface area contributed by atoms with E-state index in [1.165, 1.54) is 5.69 Å². The first kappa shape index (κ1) is 21.9.